The Labute approximate surface area is 140 Å². The molecule has 24 heavy (non-hydrogen) atoms. The Morgan fingerprint density at radius 2 is 1.79 bits per heavy atom. The van der Waals surface area contributed by atoms with Crippen LogP contribution in [0.1, 0.15) is 22.8 Å². The minimum atomic E-state index is -0.527. The van der Waals surface area contributed by atoms with Crippen LogP contribution in [-0.4, -0.2) is 25.0 Å². The number of carbonyl (C=O) groups is 2. The minimum Gasteiger partial charge on any atom is -0.465 e. The van der Waals surface area contributed by atoms with Gasteiger partial charge in [-0.25, -0.2) is 4.79 Å². The zero-order valence-corrected chi connectivity index (χ0v) is 13.4. The highest BCUT2D eigenvalue weighted by atomic mass is 16.5. The molecule has 1 atom stereocenters. The van der Waals surface area contributed by atoms with E-state index in [0.717, 1.165) is 0 Å². The first-order valence-electron chi connectivity index (χ1n) is 7.30. The summed E-state index contributed by atoms with van der Waals surface area (Å²) in [5, 5.41) is 14.8. The van der Waals surface area contributed by atoms with Crippen LogP contribution in [0.2, 0.25) is 0 Å². The van der Waals surface area contributed by atoms with Gasteiger partial charge in [-0.2, -0.15) is 5.26 Å². The second-order valence-electron chi connectivity index (χ2n) is 5.08. The van der Waals surface area contributed by atoms with Gasteiger partial charge in [-0.3, -0.25) is 4.79 Å². The van der Waals surface area contributed by atoms with Gasteiger partial charge < -0.3 is 15.4 Å². The zero-order chi connectivity index (χ0) is 17.5. The maximum atomic E-state index is 12.2. The first-order valence-corrected chi connectivity index (χ1v) is 7.30. The van der Waals surface area contributed by atoms with Gasteiger partial charge in [0.2, 0.25) is 5.91 Å². The summed E-state index contributed by atoms with van der Waals surface area (Å²) in [5.74, 6) is -0.685. The third-order valence-corrected chi connectivity index (χ3v) is 3.39. The van der Waals surface area contributed by atoms with Crippen molar-refractivity contribution in [2.24, 2.45) is 0 Å². The highest BCUT2D eigenvalue weighted by molar-refractivity contribution is 5.97. The maximum Gasteiger partial charge on any atom is 0.337 e. The lowest BCUT2D eigenvalue weighted by Gasteiger charge is -2.16. The third-order valence-electron chi connectivity index (χ3n) is 3.39. The number of para-hydroxylation sites is 1. The summed E-state index contributed by atoms with van der Waals surface area (Å²) < 4.78 is 4.63. The number of nitriles is 1. The average Bonchev–Trinajstić information content (AvgIpc) is 2.62. The normalized spacial score (nSPS) is 11.0. The molecule has 2 aromatic carbocycles. The number of nitrogens with zero attached hydrogens (tertiary/aromatic N) is 1. The molecule has 2 N–H and O–H groups in total. The first kappa shape index (κ1) is 17.0. The van der Waals surface area contributed by atoms with Crippen molar-refractivity contribution in [3.63, 3.8) is 0 Å². The SMILES string of the molecule is COC(=O)c1ccc(N[C@@H](C)C(=O)Nc2ccccc2C#N)cc1. The smallest absolute Gasteiger partial charge is 0.337 e. The summed E-state index contributed by atoms with van der Waals surface area (Å²) >= 11 is 0. The summed E-state index contributed by atoms with van der Waals surface area (Å²) in [6.45, 7) is 1.71. The van der Waals surface area contributed by atoms with E-state index in [-0.39, 0.29) is 5.91 Å². The number of methoxy groups -OCH3 is 1. The van der Waals surface area contributed by atoms with Crippen molar-refractivity contribution in [2.45, 2.75) is 13.0 Å². The summed E-state index contributed by atoms with van der Waals surface area (Å²) in [5.41, 5.74) is 2.00. The van der Waals surface area contributed by atoms with Gasteiger partial charge in [0.1, 0.15) is 12.1 Å². The van der Waals surface area contributed by atoms with Crippen LogP contribution in [0.5, 0.6) is 0 Å². The van der Waals surface area contributed by atoms with Gasteiger partial charge in [0.25, 0.3) is 0 Å². The number of rotatable bonds is 5. The second kappa shape index (κ2) is 7.79. The molecule has 0 aliphatic heterocycles. The van der Waals surface area contributed by atoms with Crippen molar-refractivity contribution in [1.82, 2.24) is 0 Å². The van der Waals surface area contributed by atoms with E-state index in [4.69, 9.17) is 5.26 Å². The monoisotopic (exact) mass is 323 g/mol. The van der Waals surface area contributed by atoms with E-state index < -0.39 is 12.0 Å². The summed E-state index contributed by atoms with van der Waals surface area (Å²) in [7, 11) is 1.32. The molecule has 0 aliphatic rings. The zero-order valence-electron chi connectivity index (χ0n) is 13.4. The van der Waals surface area contributed by atoms with Crippen LogP contribution in [0.25, 0.3) is 0 Å². The van der Waals surface area contributed by atoms with Gasteiger partial charge in [-0.1, -0.05) is 12.1 Å². The van der Waals surface area contributed by atoms with Crippen LogP contribution in [-0.2, 0) is 9.53 Å². The number of amides is 1. The molecule has 1 amide bonds. The Morgan fingerprint density at radius 1 is 1.12 bits per heavy atom. The lowest BCUT2D eigenvalue weighted by atomic mass is 10.1. The van der Waals surface area contributed by atoms with Gasteiger partial charge in [-0.15, -0.1) is 0 Å². The van der Waals surface area contributed by atoms with Crippen molar-refractivity contribution in [1.29, 1.82) is 5.26 Å². The molecule has 0 bridgehead atoms. The Bertz CT molecular complexity index is 779. The number of ether oxygens (including phenoxy) is 1. The molecule has 0 saturated carbocycles. The molecular weight excluding hydrogens is 306 g/mol. The fourth-order valence-electron chi connectivity index (χ4n) is 2.07. The molecule has 122 valence electrons. The molecular formula is C18H17N3O3. The first-order chi connectivity index (χ1) is 11.5. The van der Waals surface area contributed by atoms with Gasteiger partial charge >= 0.3 is 5.97 Å². The average molecular weight is 323 g/mol. The second-order valence-corrected chi connectivity index (χ2v) is 5.08. The molecule has 0 unspecified atom stereocenters. The number of hydrogen-bond acceptors (Lipinski definition) is 5. The Hall–Kier alpha value is -3.33. The molecule has 0 saturated heterocycles. The highest BCUT2D eigenvalue weighted by Crippen LogP contribution is 2.15. The summed E-state index contributed by atoms with van der Waals surface area (Å²) in [6, 6.07) is 14.9. The predicted molar refractivity (Wildman–Crippen MR) is 90.7 cm³/mol. The van der Waals surface area contributed by atoms with Crippen molar-refractivity contribution >= 4 is 23.3 Å². The van der Waals surface area contributed by atoms with E-state index >= 15 is 0 Å². The van der Waals surface area contributed by atoms with Crippen LogP contribution in [0.15, 0.2) is 48.5 Å². The number of anilines is 2. The predicted octanol–water partition coefficient (Wildman–Crippen LogP) is 2.78. The van der Waals surface area contributed by atoms with E-state index in [1.165, 1.54) is 7.11 Å². The molecule has 0 spiro atoms. The molecule has 0 heterocycles. The number of carbonyl (C=O) groups excluding carboxylic acids is 2. The molecule has 6 heteroatoms. The number of hydrogen-bond donors (Lipinski definition) is 2. The van der Waals surface area contributed by atoms with E-state index in [9.17, 15) is 9.59 Å². The Kier molecular flexibility index (Phi) is 5.53. The van der Waals surface area contributed by atoms with E-state index in [0.29, 0.717) is 22.5 Å². The van der Waals surface area contributed by atoms with Crippen molar-refractivity contribution in [3.8, 4) is 6.07 Å². The molecule has 0 aromatic heterocycles. The van der Waals surface area contributed by atoms with E-state index in [2.05, 4.69) is 15.4 Å². The summed E-state index contributed by atoms with van der Waals surface area (Å²) in [4.78, 5) is 23.6. The van der Waals surface area contributed by atoms with Crippen molar-refractivity contribution in [2.75, 3.05) is 17.7 Å². The van der Waals surface area contributed by atoms with E-state index in [1.807, 2.05) is 6.07 Å². The topological polar surface area (TPSA) is 91.2 Å². The number of nitrogens with one attached hydrogen (secondary N) is 2. The number of esters is 1. The van der Waals surface area contributed by atoms with Crippen molar-refractivity contribution in [3.05, 3.63) is 59.7 Å². The van der Waals surface area contributed by atoms with Gasteiger partial charge in [0, 0.05) is 5.69 Å². The molecule has 0 radical (unpaired) electrons. The molecule has 2 rings (SSSR count). The maximum absolute atomic E-state index is 12.2. The Balaban J connectivity index is 2.01. The molecule has 6 nitrogen and oxygen atoms in total. The van der Waals surface area contributed by atoms with Gasteiger partial charge in [0.15, 0.2) is 0 Å². The highest BCUT2D eigenvalue weighted by Gasteiger charge is 2.14. The van der Waals surface area contributed by atoms with Crippen LogP contribution in [0, 0.1) is 11.3 Å². The molecule has 0 fully saturated rings. The molecule has 0 aliphatic carbocycles. The largest absolute Gasteiger partial charge is 0.465 e. The standard InChI is InChI=1S/C18H17N3O3/c1-12(17(22)21-16-6-4-3-5-14(16)11-19)20-15-9-7-13(8-10-15)18(23)24-2/h3-10,12,20H,1-2H3,(H,21,22)/t12-/m0/s1. The quantitative estimate of drug-likeness (QED) is 0.826. The van der Waals surface area contributed by atoms with Gasteiger partial charge in [-0.05, 0) is 43.3 Å². The fraction of sp³-hybridized carbons (Fsp3) is 0.167. The third kappa shape index (κ3) is 4.11. The fourth-order valence-corrected chi connectivity index (χ4v) is 2.07. The van der Waals surface area contributed by atoms with Crippen LogP contribution in [0.3, 0.4) is 0 Å². The minimum absolute atomic E-state index is 0.269. The van der Waals surface area contributed by atoms with Crippen LogP contribution >= 0.6 is 0 Å². The van der Waals surface area contributed by atoms with Gasteiger partial charge in [0.05, 0.1) is 23.9 Å². The summed E-state index contributed by atoms with van der Waals surface area (Å²) in [6.07, 6.45) is 0. The van der Waals surface area contributed by atoms with E-state index in [1.54, 1.807) is 55.5 Å². The number of benzene rings is 2. The lowest BCUT2D eigenvalue weighted by Crippen LogP contribution is -2.32. The lowest BCUT2D eigenvalue weighted by molar-refractivity contribution is -0.116. The van der Waals surface area contributed by atoms with Crippen LogP contribution in [0.4, 0.5) is 11.4 Å². The Morgan fingerprint density at radius 3 is 2.42 bits per heavy atom. The van der Waals surface area contributed by atoms with Crippen molar-refractivity contribution < 1.29 is 14.3 Å². The van der Waals surface area contributed by atoms with Crippen LogP contribution < -0.4 is 10.6 Å². The molecule has 2 aromatic rings.